The zero-order valence-corrected chi connectivity index (χ0v) is 7.62. The fourth-order valence-corrected chi connectivity index (χ4v) is 0.223. The molecule has 0 aromatic rings. The zero-order valence-electron chi connectivity index (χ0n) is 7.62. The van der Waals surface area contributed by atoms with E-state index < -0.39 is 0 Å². The first kappa shape index (κ1) is 13.1. The lowest BCUT2D eigenvalue weighted by Crippen LogP contribution is -1.76. The molecule has 0 fully saturated rings. The van der Waals surface area contributed by atoms with Crippen LogP contribution in [0.25, 0.3) is 0 Å². The lowest BCUT2D eigenvalue weighted by Gasteiger charge is -1.80. The molecule has 0 saturated heterocycles. The van der Waals surface area contributed by atoms with Gasteiger partial charge >= 0.3 is 0 Å². The average Bonchev–Trinajstić information content (AvgIpc) is 2.14. The van der Waals surface area contributed by atoms with Gasteiger partial charge in [-0.3, -0.25) is 0 Å². The van der Waals surface area contributed by atoms with Crippen molar-refractivity contribution in [1.82, 2.24) is 0 Å². The van der Waals surface area contributed by atoms with E-state index in [0.29, 0.717) is 6.42 Å². The van der Waals surface area contributed by atoms with Gasteiger partial charge in [-0.25, -0.2) is 0 Å². The maximum atomic E-state index is 8.01. The SMILES string of the molecule is C/C=C/CC#N.C=CC(C)C#N. The standard InChI is InChI=1S/2C5H7N/c1-3-5(2)4-6;1-2-3-4-5-6/h3,5H,1H2,2H3;2-3H,4H2,1H3/b;3-2+. The molecular formula is C10H14N2. The molecule has 0 N–H and O–H groups in total. The van der Waals surface area contributed by atoms with Crippen LogP contribution in [0.4, 0.5) is 0 Å². The van der Waals surface area contributed by atoms with E-state index in [1.165, 1.54) is 0 Å². The van der Waals surface area contributed by atoms with Crippen LogP contribution in [-0.4, -0.2) is 0 Å². The molecule has 0 amide bonds. The highest BCUT2D eigenvalue weighted by Crippen LogP contribution is 1.87. The molecule has 0 aromatic heterocycles. The van der Waals surface area contributed by atoms with Crippen LogP contribution in [0, 0.1) is 28.6 Å². The van der Waals surface area contributed by atoms with Crippen LogP contribution in [0.1, 0.15) is 20.3 Å². The Balaban J connectivity index is 0. The molecule has 0 saturated carbocycles. The lowest BCUT2D eigenvalue weighted by molar-refractivity contribution is 0.960. The van der Waals surface area contributed by atoms with E-state index in [9.17, 15) is 0 Å². The Labute approximate surface area is 74.4 Å². The molecule has 0 heterocycles. The summed E-state index contributed by atoms with van der Waals surface area (Å²) in [4.78, 5) is 0. The van der Waals surface area contributed by atoms with Crippen molar-refractivity contribution in [2.24, 2.45) is 5.92 Å². The fourth-order valence-electron chi connectivity index (χ4n) is 0.223. The second-order valence-corrected chi connectivity index (χ2v) is 2.08. The normalized spacial score (nSPS) is 10.3. The minimum Gasteiger partial charge on any atom is -0.198 e. The highest BCUT2D eigenvalue weighted by molar-refractivity contribution is 4.91. The highest BCUT2D eigenvalue weighted by Gasteiger charge is 1.83. The van der Waals surface area contributed by atoms with Gasteiger partial charge in [-0.05, 0) is 13.8 Å². The number of hydrogen-bond donors (Lipinski definition) is 0. The molecule has 2 heteroatoms. The van der Waals surface area contributed by atoms with Gasteiger partial charge in [-0.2, -0.15) is 10.5 Å². The van der Waals surface area contributed by atoms with Gasteiger partial charge < -0.3 is 0 Å². The van der Waals surface area contributed by atoms with Crippen LogP contribution in [-0.2, 0) is 0 Å². The monoisotopic (exact) mass is 162 g/mol. The maximum Gasteiger partial charge on any atom is 0.0694 e. The Morgan fingerprint density at radius 1 is 1.50 bits per heavy atom. The summed E-state index contributed by atoms with van der Waals surface area (Å²) in [5, 5.41) is 15.9. The summed E-state index contributed by atoms with van der Waals surface area (Å²) in [5.74, 6) is 0.00463. The molecule has 0 aromatic carbocycles. The van der Waals surface area contributed by atoms with Gasteiger partial charge in [0, 0.05) is 0 Å². The maximum absolute atomic E-state index is 8.01. The number of nitriles is 2. The molecule has 0 aliphatic heterocycles. The first-order valence-corrected chi connectivity index (χ1v) is 3.73. The third-order valence-corrected chi connectivity index (χ3v) is 1.00. The number of nitrogens with zero attached hydrogens (tertiary/aromatic N) is 2. The van der Waals surface area contributed by atoms with Crippen LogP contribution in [0.2, 0.25) is 0 Å². The second kappa shape index (κ2) is 12.2. The van der Waals surface area contributed by atoms with E-state index in [0.717, 1.165) is 0 Å². The van der Waals surface area contributed by atoms with Crippen LogP contribution >= 0.6 is 0 Å². The summed E-state index contributed by atoms with van der Waals surface area (Å²) in [7, 11) is 0. The minimum absolute atomic E-state index is 0.00463. The molecule has 0 radical (unpaired) electrons. The average molecular weight is 162 g/mol. The molecule has 12 heavy (non-hydrogen) atoms. The van der Waals surface area contributed by atoms with Crippen LogP contribution in [0.5, 0.6) is 0 Å². The van der Waals surface area contributed by atoms with Crippen LogP contribution in [0.3, 0.4) is 0 Å². The summed E-state index contributed by atoms with van der Waals surface area (Å²) in [6.07, 6.45) is 5.83. The van der Waals surface area contributed by atoms with Gasteiger partial charge in [0.25, 0.3) is 0 Å². The summed E-state index contributed by atoms with van der Waals surface area (Å²) in [6.45, 7) is 7.11. The van der Waals surface area contributed by atoms with Crippen molar-refractivity contribution in [1.29, 1.82) is 10.5 Å². The predicted octanol–water partition coefficient (Wildman–Crippen LogP) is 2.81. The second-order valence-electron chi connectivity index (χ2n) is 2.08. The molecule has 0 aliphatic carbocycles. The Hall–Kier alpha value is -1.54. The first-order chi connectivity index (χ1) is 5.72. The van der Waals surface area contributed by atoms with E-state index in [1.54, 1.807) is 13.0 Å². The summed E-state index contributed by atoms with van der Waals surface area (Å²) in [6, 6.07) is 3.98. The predicted molar refractivity (Wildman–Crippen MR) is 50.0 cm³/mol. The number of allylic oxidation sites excluding steroid dienone is 3. The van der Waals surface area contributed by atoms with E-state index in [2.05, 4.69) is 6.58 Å². The quantitative estimate of drug-likeness (QED) is 0.586. The summed E-state index contributed by atoms with van der Waals surface area (Å²) in [5.41, 5.74) is 0. The Kier molecular flexibility index (Phi) is 13.3. The fraction of sp³-hybridized carbons (Fsp3) is 0.400. The third kappa shape index (κ3) is 15.8. The van der Waals surface area contributed by atoms with Gasteiger partial charge in [0.15, 0.2) is 0 Å². The van der Waals surface area contributed by atoms with Crippen molar-refractivity contribution in [2.75, 3.05) is 0 Å². The summed E-state index contributed by atoms with van der Waals surface area (Å²) < 4.78 is 0. The zero-order chi connectivity index (χ0) is 9.82. The van der Waals surface area contributed by atoms with Crippen molar-refractivity contribution < 1.29 is 0 Å². The van der Waals surface area contributed by atoms with Crippen molar-refractivity contribution in [3.63, 3.8) is 0 Å². The van der Waals surface area contributed by atoms with E-state index >= 15 is 0 Å². The Morgan fingerprint density at radius 2 is 2.08 bits per heavy atom. The summed E-state index contributed by atoms with van der Waals surface area (Å²) >= 11 is 0. The first-order valence-electron chi connectivity index (χ1n) is 3.73. The van der Waals surface area contributed by atoms with Gasteiger partial charge in [0.05, 0.1) is 24.5 Å². The third-order valence-electron chi connectivity index (χ3n) is 1.00. The smallest absolute Gasteiger partial charge is 0.0694 e. The van der Waals surface area contributed by atoms with Gasteiger partial charge in [0.1, 0.15) is 0 Å². The van der Waals surface area contributed by atoms with Gasteiger partial charge in [0.2, 0.25) is 0 Å². The van der Waals surface area contributed by atoms with Gasteiger partial charge in [-0.15, -0.1) is 6.58 Å². The van der Waals surface area contributed by atoms with Crippen molar-refractivity contribution in [3.05, 3.63) is 24.8 Å². The van der Waals surface area contributed by atoms with Crippen molar-refractivity contribution >= 4 is 0 Å². The number of rotatable bonds is 2. The van der Waals surface area contributed by atoms with Crippen LogP contribution in [0.15, 0.2) is 24.8 Å². The molecule has 0 aliphatic rings. The highest BCUT2D eigenvalue weighted by atomic mass is 14.2. The van der Waals surface area contributed by atoms with Gasteiger partial charge in [-0.1, -0.05) is 18.2 Å². The molecule has 0 bridgehead atoms. The Bertz CT molecular complexity index is 203. The lowest BCUT2D eigenvalue weighted by atomic mass is 10.2. The molecule has 1 unspecified atom stereocenters. The molecule has 2 nitrogen and oxygen atoms in total. The molecule has 64 valence electrons. The Morgan fingerprint density at radius 3 is 2.17 bits per heavy atom. The van der Waals surface area contributed by atoms with E-state index in [1.807, 2.05) is 31.2 Å². The molecule has 1 atom stereocenters. The van der Waals surface area contributed by atoms with E-state index in [4.69, 9.17) is 10.5 Å². The minimum atomic E-state index is 0.00463. The molecule has 0 rings (SSSR count). The van der Waals surface area contributed by atoms with E-state index in [-0.39, 0.29) is 5.92 Å². The molecular weight excluding hydrogens is 148 g/mol. The van der Waals surface area contributed by atoms with Crippen molar-refractivity contribution in [2.45, 2.75) is 20.3 Å². The van der Waals surface area contributed by atoms with Crippen molar-refractivity contribution in [3.8, 4) is 12.1 Å². The van der Waals surface area contributed by atoms with Crippen LogP contribution < -0.4 is 0 Å². The topological polar surface area (TPSA) is 47.6 Å². The number of hydrogen-bond acceptors (Lipinski definition) is 2. The largest absolute Gasteiger partial charge is 0.198 e. The molecule has 0 spiro atoms.